The number of Topliss-reactive ketones (excluding diaryl/α,β-unsaturated/α-hetero) is 1. The van der Waals surface area contributed by atoms with Crippen LogP contribution < -0.4 is 0 Å². The molecule has 0 spiro atoms. The van der Waals surface area contributed by atoms with Crippen LogP contribution in [-0.4, -0.2) is 42.3 Å². The van der Waals surface area contributed by atoms with Gasteiger partial charge in [0.2, 0.25) is 5.91 Å². The third-order valence-corrected chi connectivity index (χ3v) is 2.31. The second kappa shape index (κ2) is 3.77. The number of hydrogen-bond acceptors (Lipinski definition) is 4. The Hall–Kier alpha value is -1.39. The lowest BCUT2D eigenvalue weighted by Gasteiger charge is -2.41. The predicted octanol–water partition coefficient (Wildman–Crippen LogP) is -0.405. The van der Waals surface area contributed by atoms with Crippen molar-refractivity contribution >= 4 is 17.7 Å². The van der Waals surface area contributed by atoms with E-state index in [4.69, 9.17) is 4.74 Å². The Morgan fingerprint density at radius 1 is 1.50 bits per heavy atom. The van der Waals surface area contributed by atoms with Gasteiger partial charge in [0.25, 0.3) is 0 Å². The molecule has 1 amide bonds. The molecule has 0 bridgehead atoms. The van der Waals surface area contributed by atoms with Gasteiger partial charge in [-0.05, 0) is 13.8 Å². The van der Waals surface area contributed by atoms with Gasteiger partial charge in [-0.3, -0.25) is 9.59 Å². The predicted molar refractivity (Wildman–Crippen MR) is 47.4 cm³/mol. The van der Waals surface area contributed by atoms with Crippen LogP contribution in [-0.2, 0) is 19.1 Å². The van der Waals surface area contributed by atoms with Crippen LogP contribution in [0.25, 0.3) is 0 Å². The van der Waals surface area contributed by atoms with Crippen LogP contribution in [0.1, 0.15) is 13.8 Å². The van der Waals surface area contributed by atoms with E-state index >= 15 is 0 Å². The van der Waals surface area contributed by atoms with Crippen molar-refractivity contribution in [2.45, 2.75) is 19.9 Å². The van der Waals surface area contributed by atoms with Gasteiger partial charge in [0.05, 0.1) is 6.61 Å². The van der Waals surface area contributed by atoms with Crippen LogP contribution in [0, 0.1) is 5.92 Å². The number of carbonyl (C=O) groups excluding carboxylic acids is 3. The van der Waals surface area contributed by atoms with Crippen LogP contribution >= 0.6 is 0 Å². The van der Waals surface area contributed by atoms with Gasteiger partial charge in [-0.2, -0.15) is 0 Å². The molecule has 78 valence electrons. The molecule has 2 atom stereocenters. The molecular formula is C9H13NO4. The molecule has 0 aromatic heterocycles. The Balaban J connectivity index is 2.73. The van der Waals surface area contributed by atoms with E-state index in [-0.39, 0.29) is 18.3 Å². The summed E-state index contributed by atoms with van der Waals surface area (Å²) < 4.78 is 4.76. The molecule has 0 aromatic carbocycles. The first kappa shape index (κ1) is 10.7. The van der Waals surface area contributed by atoms with Gasteiger partial charge < -0.3 is 9.64 Å². The van der Waals surface area contributed by atoms with Gasteiger partial charge in [0.15, 0.2) is 0 Å². The molecule has 0 saturated carbocycles. The van der Waals surface area contributed by atoms with Crippen molar-refractivity contribution in [3.8, 4) is 0 Å². The molecule has 0 N–H and O–H groups in total. The summed E-state index contributed by atoms with van der Waals surface area (Å²) in [6.07, 6.45) is 0. The normalized spacial score (nSPS) is 25.6. The fourth-order valence-electron chi connectivity index (χ4n) is 1.55. The standard InChI is InChI=1S/C9H13NO4/c1-4-14-9(13)7-6(5(2)11)8(12)10(7)3/h6-7H,4H2,1-3H3/t6-,7-/m0/s1. The largest absolute Gasteiger partial charge is 0.464 e. The van der Waals surface area contributed by atoms with Gasteiger partial charge in [-0.15, -0.1) is 0 Å². The number of ketones is 1. The molecule has 1 heterocycles. The van der Waals surface area contributed by atoms with Gasteiger partial charge in [-0.1, -0.05) is 0 Å². The average molecular weight is 199 g/mol. The van der Waals surface area contributed by atoms with Crippen molar-refractivity contribution < 1.29 is 19.1 Å². The Bertz CT molecular complexity index is 287. The van der Waals surface area contributed by atoms with Crippen LogP contribution in [0.5, 0.6) is 0 Å². The summed E-state index contributed by atoms with van der Waals surface area (Å²) in [7, 11) is 1.49. The lowest BCUT2D eigenvalue weighted by molar-refractivity contribution is -0.174. The fraction of sp³-hybridized carbons (Fsp3) is 0.667. The first-order chi connectivity index (χ1) is 6.50. The molecule has 0 unspecified atom stereocenters. The van der Waals surface area contributed by atoms with E-state index in [0.29, 0.717) is 0 Å². The Labute approximate surface area is 82.0 Å². The molecule has 1 fully saturated rings. The van der Waals surface area contributed by atoms with E-state index in [1.165, 1.54) is 18.9 Å². The summed E-state index contributed by atoms with van der Waals surface area (Å²) in [6.45, 7) is 3.24. The molecule has 1 aliphatic heterocycles. The first-order valence-electron chi connectivity index (χ1n) is 4.44. The molecule has 1 saturated heterocycles. The molecule has 1 rings (SSSR count). The lowest BCUT2D eigenvalue weighted by Crippen LogP contribution is -2.65. The topological polar surface area (TPSA) is 63.7 Å². The van der Waals surface area contributed by atoms with Crippen molar-refractivity contribution in [1.82, 2.24) is 4.90 Å². The zero-order valence-corrected chi connectivity index (χ0v) is 8.44. The van der Waals surface area contributed by atoms with Gasteiger partial charge in [-0.25, -0.2) is 4.79 Å². The maximum Gasteiger partial charge on any atom is 0.330 e. The highest BCUT2D eigenvalue weighted by atomic mass is 16.5. The monoisotopic (exact) mass is 199 g/mol. The van der Waals surface area contributed by atoms with E-state index in [1.807, 2.05) is 0 Å². The summed E-state index contributed by atoms with van der Waals surface area (Å²) in [4.78, 5) is 34.8. The third-order valence-electron chi connectivity index (χ3n) is 2.31. The smallest absolute Gasteiger partial charge is 0.330 e. The highest BCUT2D eigenvalue weighted by Crippen LogP contribution is 2.26. The highest BCUT2D eigenvalue weighted by Gasteiger charge is 2.52. The Kier molecular flexibility index (Phi) is 2.88. The summed E-state index contributed by atoms with van der Waals surface area (Å²) in [5.74, 6) is -1.93. The van der Waals surface area contributed by atoms with Crippen molar-refractivity contribution in [3.05, 3.63) is 0 Å². The second-order valence-corrected chi connectivity index (χ2v) is 3.23. The zero-order valence-electron chi connectivity index (χ0n) is 8.44. The average Bonchev–Trinajstić information content (AvgIpc) is 2.11. The van der Waals surface area contributed by atoms with E-state index in [1.54, 1.807) is 6.92 Å². The molecule has 5 heteroatoms. The maximum absolute atomic E-state index is 11.3. The van der Waals surface area contributed by atoms with Crippen molar-refractivity contribution in [2.75, 3.05) is 13.7 Å². The minimum atomic E-state index is -0.834. The number of β-lactam (4-membered cyclic amide) rings is 1. The molecule has 1 aliphatic rings. The summed E-state index contributed by atoms with van der Waals surface area (Å²) >= 11 is 0. The molecular weight excluding hydrogens is 186 g/mol. The van der Waals surface area contributed by atoms with E-state index in [2.05, 4.69) is 0 Å². The number of nitrogens with zero attached hydrogens (tertiary/aromatic N) is 1. The number of rotatable bonds is 3. The summed E-state index contributed by atoms with van der Waals surface area (Å²) in [6, 6.07) is -0.722. The van der Waals surface area contributed by atoms with Crippen LogP contribution in [0.4, 0.5) is 0 Å². The van der Waals surface area contributed by atoms with Gasteiger partial charge in [0, 0.05) is 7.05 Å². The SMILES string of the molecule is CCOC(=O)[C@@H]1[C@H](C(C)=O)C(=O)N1C. The summed E-state index contributed by atoms with van der Waals surface area (Å²) in [5, 5.41) is 0. The van der Waals surface area contributed by atoms with Crippen molar-refractivity contribution in [2.24, 2.45) is 5.92 Å². The van der Waals surface area contributed by atoms with Crippen LogP contribution in [0.2, 0.25) is 0 Å². The third kappa shape index (κ3) is 1.49. The molecule has 0 aromatic rings. The van der Waals surface area contributed by atoms with Gasteiger partial charge in [0.1, 0.15) is 17.7 Å². The fourth-order valence-corrected chi connectivity index (χ4v) is 1.55. The molecule has 5 nitrogen and oxygen atoms in total. The first-order valence-corrected chi connectivity index (χ1v) is 4.44. The highest BCUT2D eigenvalue weighted by molar-refractivity contribution is 6.11. The van der Waals surface area contributed by atoms with E-state index in [9.17, 15) is 14.4 Å². The van der Waals surface area contributed by atoms with Crippen molar-refractivity contribution in [3.63, 3.8) is 0 Å². The number of carbonyl (C=O) groups is 3. The quantitative estimate of drug-likeness (QED) is 0.352. The summed E-state index contributed by atoms with van der Waals surface area (Å²) in [5.41, 5.74) is 0. The number of ether oxygens (including phenoxy) is 1. The van der Waals surface area contributed by atoms with Gasteiger partial charge >= 0.3 is 5.97 Å². The maximum atomic E-state index is 11.3. The zero-order chi connectivity index (χ0) is 10.9. The second-order valence-electron chi connectivity index (χ2n) is 3.23. The molecule has 14 heavy (non-hydrogen) atoms. The van der Waals surface area contributed by atoms with Crippen molar-refractivity contribution in [1.29, 1.82) is 0 Å². The Morgan fingerprint density at radius 2 is 2.07 bits per heavy atom. The number of hydrogen-bond donors (Lipinski definition) is 0. The van der Waals surface area contributed by atoms with Crippen LogP contribution in [0.3, 0.4) is 0 Å². The number of likely N-dealkylation sites (N-methyl/N-ethyl adjacent to an activating group) is 1. The number of amides is 1. The Morgan fingerprint density at radius 3 is 2.50 bits per heavy atom. The van der Waals surface area contributed by atoms with E-state index < -0.39 is 17.9 Å². The lowest BCUT2D eigenvalue weighted by atomic mass is 9.85. The minimum Gasteiger partial charge on any atom is -0.464 e. The van der Waals surface area contributed by atoms with Crippen LogP contribution in [0.15, 0.2) is 0 Å². The molecule has 0 aliphatic carbocycles. The number of likely N-dealkylation sites (tertiary alicyclic amines) is 1. The minimum absolute atomic E-state index is 0.252. The van der Waals surface area contributed by atoms with E-state index in [0.717, 1.165) is 0 Å². The molecule has 0 radical (unpaired) electrons. The number of esters is 1.